The van der Waals surface area contributed by atoms with E-state index in [4.69, 9.17) is 4.74 Å². The zero-order chi connectivity index (χ0) is 24.2. The van der Waals surface area contributed by atoms with Crippen LogP contribution in [0.25, 0.3) is 0 Å². The Kier molecular flexibility index (Phi) is 7.12. The van der Waals surface area contributed by atoms with E-state index in [1.54, 1.807) is 40.6 Å². The van der Waals surface area contributed by atoms with Gasteiger partial charge in [-0.25, -0.2) is 18.6 Å². The number of ether oxygens (including phenoxy) is 1. The lowest BCUT2D eigenvalue weighted by atomic mass is 9.92. The molecule has 0 saturated heterocycles. The van der Waals surface area contributed by atoms with Crippen LogP contribution in [0.2, 0.25) is 0 Å². The van der Waals surface area contributed by atoms with Crippen molar-refractivity contribution >= 4 is 28.8 Å². The lowest BCUT2D eigenvalue weighted by molar-refractivity contribution is -0.136. The van der Waals surface area contributed by atoms with E-state index in [0.717, 1.165) is 5.56 Å². The molecular weight excluding hydrogens is 460 g/mol. The third kappa shape index (κ3) is 4.75. The quantitative estimate of drug-likeness (QED) is 0.573. The Morgan fingerprint density at radius 3 is 2.56 bits per heavy atom. The second-order valence-electron chi connectivity index (χ2n) is 7.70. The van der Waals surface area contributed by atoms with E-state index in [2.05, 4.69) is 10.3 Å². The topological polar surface area (TPSA) is 71.0 Å². The summed E-state index contributed by atoms with van der Waals surface area (Å²) >= 11 is 1.32. The van der Waals surface area contributed by atoms with Gasteiger partial charge >= 0.3 is 5.97 Å². The van der Waals surface area contributed by atoms with Crippen molar-refractivity contribution in [3.8, 4) is 0 Å². The molecule has 0 aliphatic carbocycles. The molecule has 2 aliphatic rings. The Labute approximate surface area is 200 Å². The smallest absolute Gasteiger partial charge is 0.338 e. The molecule has 0 unspecified atom stereocenters. The number of rotatable bonds is 7. The van der Waals surface area contributed by atoms with Gasteiger partial charge in [0.1, 0.15) is 11.6 Å². The van der Waals surface area contributed by atoms with Gasteiger partial charge in [-0.3, -0.25) is 4.79 Å². The molecule has 1 atom stereocenters. The molecule has 2 aromatic rings. The lowest BCUT2D eigenvalue weighted by Gasteiger charge is -2.36. The Balaban J connectivity index is 1.62. The summed E-state index contributed by atoms with van der Waals surface area (Å²) in [5, 5.41) is 5.17. The van der Waals surface area contributed by atoms with Crippen LogP contribution in [0.3, 0.4) is 0 Å². The van der Waals surface area contributed by atoms with Crippen molar-refractivity contribution in [1.29, 1.82) is 0 Å². The number of halogens is 2. The monoisotopic (exact) mass is 483 g/mol. The molecule has 34 heavy (non-hydrogen) atoms. The number of methoxy groups -OCH3 is 1. The van der Waals surface area contributed by atoms with Gasteiger partial charge in [-0.2, -0.15) is 0 Å². The van der Waals surface area contributed by atoms with Gasteiger partial charge in [0.25, 0.3) is 0 Å². The number of carbonyl (C=O) groups is 2. The second kappa shape index (κ2) is 10.2. The molecule has 4 rings (SSSR count). The maximum absolute atomic E-state index is 15.0. The number of hydrogen-bond donors (Lipinski definition) is 1. The summed E-state index contributed by atoms with van der Waals surface area (Å²) in [5.74, 6) is -1.68. The van der Waals surface area contributed by atoms with Crippen molar-refractivity contribution < 1.29 is 23.1 Å². The molecular formula is C25H23F2N3O3S. The molecule has 2 heterocycles. The van der Waals surface area contributed by atoms with Gasteiger partial charge < -0.3 is 15.0 Å². The molecule has 2 aromatic carbocycles. The zero-order valence-electron chi connectivity index (χ0n) is 18.7. The van der Waals surface area contributed by atoms with Gasteiger partial charge in [0.05, 0.1) is 30.8 Å². The predicted molar refractivity (Wildman–Crippen MR) is 126 cm³/mol. The minimum Gasteiger partial charge on any atom is -0.466 e. The fourth-order valence-corrected chi connectivity index (χ4v) is 4.87. The Morgan fingerprint density at radius 1 is 1.15 bits per heavy atom. The Hall–Kier alpha value is -3.46. The highest BCUT2D eigenvalue weighted by Crippen LogP contribution is 2.45. The van der Waals surface area contributed by atoms with Crippen molar-refractivity contribution in [1.82, 2.24) is 10.2 Å². The Morgan fingerprint density at radius 2 is 1.88 bits per heavy atom. The van der Waals surface area contributed by atoms with E-state index in [9.17, 15) is 18.4 Å². The van der Waals surface area contributed by atoms with Crippen molar-refractivity contribution in [2.45, 2.75) is 32.4 Å². The van der Waals surface area contributed by atoms with E-state index < -0.39 is 17.8 Å². The average molecular weight is 484 g/mol. The number of benzene rings is 2. The first kappa shape index (κ1) is 23.7. The molecule has 2 aliphatic heterocycles. The number of esters is 1. The van der Waals surface area contributed by atoms with Crippen LogP contribution < -0.4 is 5.32 Å². The number of nitrogens with zero attached hydrogens (tertiary/aromatic N) is 2. The van der Waals surface area contributed by atoms with Crippen molar-refractivity contribution in [3.63, 3.8) is 0 Å². The van der Waals surface area contributed by atoms with Crippen LogP contribution in [-0.4, -0.2) is 29.1 Å². The van der Waals surface area contributed by atoms with Crippen LogP contribution in [0.5, 0.6) is 0 Å². The van der Waals surface area contributed by atoms with E-state index in [1.165, 1.54) is 37.1 Å². The first-order chi connectivity index (χ1) is 16.4. The number of hydrogen-bond acceptors (Lipinski definition) is 6. The molecule has 176 valence electrons. The van der Waals surface area contributed by atoms with Gasteiger partial charge in [0, 0.05) is 17.8 Å². The summed E-state index contributed by atoms with van der Waals surface area (Å²) in [7, 11) is 1.28. The highest BCUT2D eigenvalue weighted by atomic mass is 32.2. The van der Waals surface area contributed by atoms with Crippen LogP contribution in [0.1, 0.15) is 36.9 Å². The number of carbonyl (C=O) groups excluding carboxylic acids is 2. The molecule has 0 saturated carbocycles. The van der Waals surface area contributed by atoms with E-state index >= 15 is 0 Å². The van der Waals surface area contributed by atoms with Crippen molar-refractivity contribution in [2.75, 3.05) is 7.11 Å². The number of amides is 1. The van der Waals surface area contributed by atoms with Crippen molar-refractivity contribution in [3.05, 3.63) is 93.7 Å². The van der Waals surface area contributed by atoms with Gasteiger partial charge in [-0.15, -0.1) is 0 Å². The molecule has 0 spiro atoms. The second-order valence-corrected chi connectivity index (χ2v) is 8.54. The van der Waals surface area contributed by atoms with Crippen LogP contribution in [-0.2, 0) is 20.9 Å². The molecule has 1 N–H and O–H groups in total. The number of nitrogens with one attached hydrogen (secondary N) is 1. The fraction of sp³-hybridized carbons (Fsp3) is 0.240. The third-order valence-corrected chi connectivity index (χ3v) is 6.46. The number of amidine groups is 1. The summed E-state index contributed by atoms with van der Waals surface area (Å²) < 4.78 is 33.1. The molecule has 0 aromatic heterocycles. The van der Waals surface area contributed by atoms with E-state index in [-0.39, 0.29) is 30.3 Å². The third-order valence-electron chi connectivity index (χ3n) is 5.57. The minimum atomic E-state index is -0.817. The summed E-state index contributed by atoms with van der Waals surface area (Å²) in [5.41, 5.74) is 2.41. The van der Waals surface area contributed by atoms with Crippen LogP contribution in [0.15, 0.2) is 75.9 Å². The first-order valence-corrected chi connectivity index (χ1v) is 11.6. The van der Waals surface area contributed by atoms with Crippen LogP contribution in [0, 0.1) is 11.6 Å². The lowest BCUT2D eigenvalue weighted by Crippen LogP contribution is -2.38. The summed E-state index contributed by atoms with van der Waals surface area (Å²) in [6.45, 7) is 2.11. The fourth-order valence-electron chi connectivity index (χ4n) is 3.93. The normalized spacial score (nSPS) is 17.2. The minimum absolute atomic E-state index is 0.00587. The largest absolute Gasteiger partial charge is 0.466 e. The highest BCUT2D eigenvalue weighted by molar-refractivity contribution is 8.16. The predicted octanol–water partition coefficient (Wildman–Crippen LogP) is 4.81. The Bertz CT molecular complexity index is 1210. The van der Waals surface area contributed by atoms with Gasteiger partial charge in [0.15, 0.2) is 5.17 Å². The van der Waals surface area contributed by atoms with Gasteiger partial charge in [-0.05, 0) is 35.6 Å². The summed E-state index contributed by atoms with van der Waals surface area (Å²) in [6, 6.07) is 11.3. The number of fused-ring (bicyclic) bond motifs is 1. The van der Waals surface area contributed by atoms with Crippen molar-refractivity contribution in [2.24, 2.45) is 4.99 Å². The van der Waals surface area contributed by atoms with E-state index in [1.807, 2.05) is 6.92 Å². The SMILES string of the molecule is CCC1=C(C(=O)OC)[C@H](c2ccccc2F)N2C(CC(=O)NCc3ccc(F)cc3)=CSC2=N1. The van der Waals surface area contributed by atoms with Crippen LogP contribution in [0.4, 0.5) is 8.78 Å². The molecule has 0 radical (unpaired) electrons. The molecule has 0 fully saturated rings. The maximum Gasteiger partial charge on any atom is 0.338 e. The molecule has 9 heteroatoms. The first-order valence-electron chi connectivity index (χ1n) is 10.7. The summed E-state index contributed by atoms with van der Waals surface area (Å²) in [6.07, 6.45) is 0.453. The summed E-state index contributed by atoms with van der Waals surface area (Å²) in [4.78, 5) is 31.9. The number of aliphatic imine (C=N–C) groups is 1. The molecule has 1 amide bonds. The average Bonchev–Trinajstić information content (AvgIpc) is 3.24. The van der Waals surface area contributed by atoms with Gasteiger partial charge in [-0.1, -0.05) is 49.0 Å². The highest BCUT2D eigenvalue weighted by Gasteiger charge is 2.42. The standard InChI is InChI=1S/C25H23F2N3O3S/c1-3-20-22(24(32)33-2)23(18-6-4-5-7-19(18)27)30-17(14-34-25(30)29-20)12-21(31)28-13-15-8-10-16(26)11-9-15/h4-11,14,23H,3,12-13H2,1-2H3,(H,28,31)/t23-/m0/s1. The number of allylic oxidation sites excluding steroid dienone is 1. The zero-order valence-corrected chi connectivity index (χ0v) is 19.5. The van der Waals surface area contributed by atoms with E-state index in [0.29, 0.717) is 28.5 Å². The molecule has 0 bridgehead atoms. The molecule has 6 nitrogen and oxygen atoms in total. The van der Waals surface area contributed by atoms with Gasteiger partial charge in [0.2, 0.25) is 5.91 Å². The number of thioether (sulfide) groups is 1. The maximum atomic E-state index is 15.0. The van der Waals surface area contributed by atoms with Crippen LogP contribution >= 0.6 is 11.8 Å².